The number of halogens is 2. The van der Waals surface area contributed by atoms with E-state index in [1.54, 1.807) is 0 Å². The molecular formula is C26H35F2NO2. The first-order chi connectivity index (χ1) is 14.6. The highest BCUT2D eigenvalue weighted by Crippen LogP contribution is 2.40. The Balaban J connectivity index is 1.64. The molecule has 0 heterocycles. The predicted molar refractivity (Wildman–Crippen MR) is 120 cm³/mol. The number of hydrogen-bond donors (Lipinski definition) is 3. The van der Waals surface area contributed by atoms with Gasteiger partial charge in [-0.25, -0.2) is 8.78 Å². The summed E-state index contributed by atoms with van der Waals surface area (Å²) in [6.07, 6.45) is 3.50. The van der Waals surface area contributed by atoms with Crippen LogP contribution in [0, 0.1) is 11.6 Å². The lowest BCUT2D eigenvalue weighted by Crippen LogP contribution is -2.54. The largest absolute Gasteiger partial charge is 0.392 e. The van der Waals surface area contributed by atoms with E-state index >= 15 is 0 Å². The topological polar surface area (TPSA) is 52.5 Å². The Hall–Kier alpha value is -1.82. The van der Waals surface area contributed by atoms with Gasteiger partial charge in [0.2, 0.25) is 0 Å². The molecule has 3 nitrogen and oxygen atoms in total. The Bertz CT molecular complexity index is 860. The van der Waals surface area contributed by atoms with E-state index in [9.17, 15) is 19.0 Å². The van der Waals surface area contributed by atoms with Crippen molar-refractivity contribution in [2.45, 2.75) is 82.5 Å². The average molecular weight is 432 g/mol. The fourth-order valence-corrected chi connectivity index (χ4v) is 4.52. The highest BCUT2D eigenvalue weighted by atomic mass is 19.1. The van der Waals surface area contributed by atoms with Crippen molar-refractivity contribution >= 4 is 0 Å². The molecule has 0 bridgehead atoms. The summed E-state index contributed by atoms with van der Waals surface area (Å²) in [6, 6.07) is 11.9. The molecule has 2 aromatic rings. The van der Waals surface area contributed by atoms with Gasteiger partial charge in [-0.2, -0.15) is 0 Å². The van der Waals surface area contributed by atoms with Crippen LogP contribution < -0.4 is 5.32 Å². The molecule has 0 saturated heterocycles. The van der Waals surface area contributed by atoms with E-state index in [-0.39, 0.29) is 17.9 Å². The minimum Gasteiger partial charge on any atom is -0.392 e. The molecule has 0 spiro atoms. The van der Waals surface area contributed by atoms with Gasteiger partial charge in [0.05, 0.1) is 6.10 Å². The minimum atomic E-state index is -1.08. The fourth-order valence-electron chi connectivity index (χ4n) is 4.52. The summed E-state index contributed by atoms with van der Waals surface area (Å²) in [5, 5.41) is 25.1. The van der Waals surface area contributed by atoms with Gasteiger partial charge in [0.15, 0.2) is 0 Å². The highest BCUT2D eigenvalue weighted by Gasteiger charge is 2.40. The summed E-state index contributed by atoms with van der Waals surface area (Å²) in [7, 11) is 0. The first-order valence-electron chi connectivity index (χ1n) is 11.3. The van der Waals surface area contributed by atoms with Gasteiger partial charge in [-0.05, 0) is 66.3 Å². The molecule has 0 aliphatic heterocycles. The van der Waals surface area contributed by atoms with Gasteiger partial charge >= 0.3 is 0 Å². The third-order valence-electron chi connectivity index (χ3n) is 6.36. The van der Waals surface area contributed by atoms with Crippen LogP contribution in [-0.4, -0.2) is 28.6 Å². The van der Waals surface area contributed by atoms with E-state index in [1.807, 2.05) is 0 Å². The maximum atomic E-state index is 13.4. The van der Waals surface area contributed by atoms with E-state index in [4.69, 9.17) is 0 Å². The van der Waals surface area contributed by atoms with Crippen LogP contribution in [0.25, 0.3) is 0 Å². The van der Waals surface area contributed by atoms with Crippen molar-refractivity contribution in [2.75, 3.05) is 6.54 Å². The quantitative estimate of drug-likeness (QED) is 0.529. The molecule has 3 rings (SSSR count). The van der Waals surface area contributed by atoms with E-state index in [2.05, 4.69) is 50.4 Å². The second-order valence-corrected chi connectivity index (χ2v) is 9.95. The molecule has 3 N–H and O–H groups in total. The molecule has 3 unspecified atom stereocenters. The van der Waals surface area contributed by atoms with Crippen LogP contribution >= 0.6 is 0 Å². The number of nitrogens with one attached hydrogen (secondary N) is 1. The summed E-state index contributed by atoms with van der Waals surface area (Å²) in [6.45, 7) is 6.76. The van der Waals surface area contributed by atoms with E-state index < -0.39 is 23.5 Å². The van der Waals surface area contributed by atoms with Gasteiger partial charge < -0.3 is 10.2 Å². The van der Waals surface area contributed by atoms with Gasteiger partial charge in [-0.3, -0.25) is 5.32 Å². The molecule has 0 amide bonds. The van der Waals surface area contributed by atoms with Crippen LogP contribution in [-0.2, 0) is 11.8 Å². The van der Waals surface area contributed by atoms with E-state index in [0.29, 0.717) is 24.8 Å². The van der Waals surface area contributed by atoms with Gasteiger partial charge in [0, 0.05) is 18.5 Å². The molecule has 1 saturated carbocycles. The van der Waals surface area contributed by atoms with Crippen molar-refractivity contribution in [1.29, 1.82) is 0 Å². The standard InChI is InChI=1S/C26H35F2NO2/c1-25(2,3)20-8-6-7-19(15-20)24-9-4-5-12-26(24,31)29-17-23(30)11-10-18-13-21(27)16-22(28)14-18/h6-8,13-16,23-24,29-31H,4-5,9-12,17H2,1-3H3. The lowest BCUT2D eigenvalue weighted by atomic mass is 9.75. The molecule has 170 valence electrons. The Morgan fingerprint density at radius 1 is 1.10 bits per heavy atom. The zero-order valence-electron chi connectivity index (χ0n) is 18.8. The molecule has 1 aliphatic rings. The zero-order valence-corrected chi connectivity index (χ0v) is 18.8. The summed E-state index contributed by atoms with van der Waals surface area (Å²) in [4.78, 5) is 0. The summed E-state index contributed by atoms with van der Waals surface area (Å²) in [5.74, 6) is -1.27. The summed E-state index contributed by atoms with van der Waals surface area (Å²) >= 11 is 0. The Labute approximate surface area is 184 Å². The molecule has 5 heteroatoms. The molecule has 0 radical (unpaired) electrons. The maximum Gasteiger partial charge on any atom is 0.126 e. The Kier molecular flexibility index (Phi) is 7.51. The number of aliphatic hydroxyl groups excluding tert-OH is 1. The first-order valence-corrected chi connectivity index (χ1v) is 11.3. The van der Waals surface area contributed by atoms with E-state index in [0.717, 1.165) is 30.9 Å². The molecular weight excluding hydrogens is 396 g/mol. The van der Waals surface area contributed by atoms with Gasteiger partial charge in [0.1, 0.15) is 17.4 Å². The highest BCUT2D eigenvalue weighted by molar-refractivity contribution is 5.32. The zero-order chi connectivity index (χ0) is 22.6. The number of aryl methyl sites for hydroxylation is 1. The number of rotatable bonds is 7. The van der Waals surface area contributed by atoms with Crippen LogP contribution in [0.2, 0.25) is 0 Å². The van der Waals surface area contributed by atoms with Crippen LogP contribution in [0.5, 0.6) is 0 Å². The minimum absolute atomic E-state index is 0.0306. The molecule has 1 aliphatic carbocycles. The third kappa shape index (κ3) is 6.34. The smallest absolute Gasteiger partial charge is 0.126 e. The van der Waals surface area contributed by atoms with E-state index in [1.165, 1.54) is 17.7 Å². The van der Waals surface area contributed by atoms with Gasteiger partial charge in [-0.1, -0.05) is 51.5 Å². The van der Waals surface area contributed by atoms with Crippen molar-refractivity contribution < 1.29 is 19.0 Å². The fraction of sp³-hybridized carbons (Fsp3) is 0.538. The molecule has 3 atom stereocenters. The molecule has 0 aromatic heterocycles. The first kappa shape index (κ1) is 23.8. The Morgan fingerprint density at radius 2 is 1.81 bits per heavy atom. The van der Waals surface area contributed by atoms with Crippen LogP contribution in [0.3, 0.4) is 0 Å². The van der Waals surface area contributed by atoms with Crippen molar-refractivity contribution in [2.24, 2.45) is 0 Å². The average Bonchev–Trinajstić information content (AvgIpc) is 2.70. The van der Waals surface area contributed by atoms with Crippen LogP contribution in [0.1, 0.15) is 75.5 Å². The van der Waals surface area contributed by atoms with Crippen molar-refractivity contribution in [3.05, 3.63) is 70.8 Å². The maximum absolute atomic E-state index is 13.4. The molecule has 31 heavy (non-hydrogen) atoms. The number of hydrogen-bond acceptors (Lipinski definition) is 3. The van der Waals surface area contributed by atoms with Crippen molar-refractivity contribution in [3.63, 3.8) is 0 Å². The third-order valence-corrected chi connectivity index (χ3v) is 6.36. The van der Waals surface area contributed by atoms with Crippen molar-refractivity contribution in [1.82, 2.24) is 5.32 Å². The Morgan fingerprint density at radius 3 is 2.48 bits per heavy atom. The lowest BCUT2D eigenvalue weighted by Gasteiger charge is -2.42. The second-order valence-electron chi connectivity index (χ2n) is 9.95. The SMILES string of the molecule is CC(C)(C)c1cccc(C2CCCCC2(O)NCC(O)CCc2cc(F)cc(F)c2)c1. The summed E-state index contributed by atoms with van der Waals surface area (Å²) < 4.78 is 26.7. The van der Waals surface area contributed by atoms with Crippen LogP contribution in [0.15, 0.2) is 42.5 Å². The van der Waals surface area contributed by atoms with Gasteiger partial charge in [-0.15, -0.1) is 0 Å². The molecule has 1 fully saturated rings. The van der Waals surface area contributed by atoms with Crippen LogP contribution in [0.4, 0.5) is 8.78 Å². The van der Waals surface area contributed by atoms with Crippen molar-refractivity contribution in [3.8, 4) is 0 Å². The lowest BCUT2D eigenvalue weighted by molar-refractivity contribution is -0.0551. The monoisotopic (exact) mass is 431 g/mol. The normalized spacial score (nSPS) is 23.0. The van der Waals surface area contributed by atoms with Gasteiger partial charge in [0.25, 0.3) is 0 Å². The number of aliphatic hydroxyl groups is 2. The molecule has 2 aromatic carbocycles. The summed E-state index contributed by atoms with van der Waals surface area (Å²) in [5.41, 5.74) is 1.82. The second kappa shape index (κ2) is 9.76. The predicted octanol–water partition coefficient (Wildman–Crippen LogP) is 5.19. The number of benzene rings is 2.